The number of fused-ring (bicyclic) bond motifs is 1. The number of hydrogen-bond acceptors (Lipinski definition) is 4. The molecule has 104 valence electrons. The van der Waals surface area contributed by atoms with Crippen molar-refractivity contribution in [2.45, 2.75) is 31.8 Å². The van der Waals surface area contributed by atoms with Crippen molar-refractivity contribution in [2.75, 3.05) is 7.11 Å². The molecule has 4 nitrogen and oxygen atoms in total. The maximum absolute atomic E-state index is 5.31. The van der Waals surface area contributed by atoms with Crippen LogP contribution in [0.25, 0.3) is 0 Å². The van der Waals surface area contributed by atoms with Crippen molar-refractivity contribution in [1.29, 1.82) is 0 Å². The van der Waals surface area contributed by atoms with Crippen molar-refractivity contribution in [2.24, 2.45) is 0 Å². The van der Waals surface area contributed by atoms with Crippen LogP contribution in [0.5, 0.6) is 5.75 Å². The van der Waals surface area contributed by atoms with E-state index in [9.17, 15) is 0 Å². The Morgan fingerprint density at radius 2 is 2.25 bits per heavy atom. The number of hydrogen-bond donors (Lipinski definition) is 1. The van der Waals surface area contributed by atoms with E-state index in [1.807, 2.05) is 18.2 Å². The largest absolute Gasteiger partial charge is 0.497 e. The van der Waals surface area contributed by atoms with E-state index in [0.29, 0.717) is 6.04 Å². The highest BCUT2D eigenvalue weighted by Gasteiger charge is 2.18. The first-order valence-corrected chi connectivity index (χ1v) is 7.01. The lowest BCUT2D eigenvalue weighted by molar-refractivity contribution is 0.410. The van der Waals surface area contributed by atoms with Gasteiger partial charge in [0.1, 0.15) is 5.75 Å². The molecule has 1 heterocycles. The third-order valence-corrected chi connectivity index (χ3v) is 3.84. The quantitative estimate of drug-likeness (QED) is 0.923. The Balaban J connectivity index is 1.63. The molecule has 0 radical (unpaired) electrons. The van der Waals surface area contributed by atoms with Gasteiger partial charge in [-0.25, -0.2) is 0 Å². The Morgan fingerprint density at radius 1 is 1.30 bits per heavy atom. The fraction of sp³-hybridized carbons (Fsp3) is 0.375. The van der Waals surface area contributed by atoms with E-state index in [0.717, 1.165) is 30.8 Å². The predicted octanol–water partition coefficient (Wildman–Crippen LogP) is 2.13. The third-order valence-electron chi connectivity index (χ3n) is 3.84. The average molecular weight is 269 g/mol. The van der Waals surface area contributed by atoms with Crippen molar-refractivity contribution >= 4 is 0 Å². The molecular weight excluding hydrogens is 250 g/mol. The van der Waals surface area contributed by atoms with E-state index in [2.05, 4.69) is 27.6 Å². The summed E-state index contributed by atoms with van der Waals surface area (Å²) < 4.78 is 5.31. The third kappa shape index (κ3) is 2.96. The second kappa shape index (κ2) is 6.01. The number of rotatable bonds is 4. The van der Waals surface area contributed by atoms with Crippen LogP contribution in [0.4, 0.5) is 0 Å². The number of nitrogens with zero attached hydrogens (tertiary/aromatic N) is 2. The first-order chi connectivity index (χ1) is 9.85. The summed E-state index contributed by atoms with van der Waals surface area (Å²) in [5, 5.41) is 11.6. The number of aryl methyl sites for hydroxylation is 1. The molecule has 0 spiro atoms. The van der Waals surface area contributed by atoms with E-state index in [-0.39, 0.29) is 0 Å². The number of aromatic nitrogens is 2. The molecule has 20 heavy (non-hydrogen) atoms. The predicted molar refractivity (Wildman–Crippen MR) is 77.7 cm³/mol. The topological polar surface area (TPSA) is 47.0 Å². The molecule has 0 bridgehead atoms. The van der Waals surface area contributed by atoms with E-state index >= 15 is 0 Å². The van der Waals surface area contributed by atoms with E-state index in [4.69, 9.17) is 4.74 Å². The fourth-order valence-corrected chi connectivity index (χ4v) is 2.71. The zero-order valence-corrected chi connectivity index (χ0v) is 11.7. The van der Waals surface area contributed by atoms with Gasteiger partial charge in [0.2, 0.25) is 0 Å². The highest BCUT2D eigenvalue weighted by Crippen LogP contribution is 2.25. The minimum atomic E-state index is 0.497. The maximum Gasteiger partial charge on any atom is 0.119 e. The summed E-state index contributed by atoms with van der Waals surface area (Å²) in [5.74, 6) is 0.943. The molecule has 3 rings (SSSR count). The smallest absolute Gasteiger partial charge is 0.119 e. The van der Waals surface area contributed by atoms with Gasteiger partial charge in [-0.05, 0) is 54.7 Å². The summed E-state index contributed by atoms with van der Waals surface area (Å²) in [4.78, 5) is 0. The van der Waals surface area contributed by atoms with Gasteiger partial charge in [-0.2, -0.15) is 10.2 Å². The van der Waals surface area contributed by atoms with Crippen LogP contribution in [0.1, 0.15) is 23.2 Å². The lowest BCUT2D eigenvalue weighted by Gasteiger charge is -2.25. The minimum absolute atomic E-state index is 0.497. The van der Waals surface area contributed by atoms with E-state index in [1.54, 1.807) is 13.3 Å². The molecule has 1 aliphatic carbocycles. The molecule has 1 aromatic carbocycles. The van der Waals surface area contributed by atoms with Crippen molar-refractivity contribution in [3.63, 3.8) is 0 Å². The van der Waals surface area contributed by atoms with Crippen LogP contribution < -0.4 is 10.1 Å². The van der Waals surface area contributed by atoms with E-state index < -0.39 is 0 Å². The first kappa shape index (κ1) is 13.1. The van der Waals surface area contributed by atoms with Crippen LogP contribution in [0.15, 0.2) is 36.5 Å². The monoisotopic (exact) mass is 269 g/mol. The van der Waals surface area contributed by atoms with Crippen molar-refractivity contribution in [1.82, 2.24) is 15.5 Å². The summed E-state index contributed by atoms with van der Waals surface area (Å²) in [6.07, 6.45) is 5.04. The Morgan fingerprint density at radius 3 is 3.05 bits per heavy atom. The van der Waals surface area contributed by atoms with Gasteiger partial charge >= 0.3 is 0 Å². The number of nitrogens with one attached hydrogen (secondary N) is 1. The molecule has 1 atom stereocenters. The summed E-state index contributed by atoms with van der Waals surface area (Å²) in [6.45, 7) is 0.776. The van der Waals surface area contributed by atoms with Crippen LogP contribution >= 0.6 is 0 Å². The first-order valence-electron chi connectivity index (χ1n) is 7.01. The van der Waals surface area contributed by atoms with Gasteiger partial charge < -0.3 is 10.1 Å². The number of benzene rings is 1. The molecule has 1 aliphatic rings. The molecule has 1 unspecified atom stereocenters. The van der Waals surface area contributed by atoms with Gasteiger partial charge in [-0.1, -0.05) is 6.07 Å². The van der Waals surface area contributed by atoms with E-state index in [1.165, 1.54) is 17.5 Å². The number of methoxy groups -OCH3 is 1. The van der Waals surface area contributed by atoms with Gasteiger partial charge in [-0.15, -0.1) is 0 Å². The molecule has 0 aliphatic heterocycles. The SMILES string of the molecule is COc1ccc2c(c1)CC(NCc1cccnn1)CC2. The minimum Gasteiger partial charge on any atom is -0.497 e. The zero-order chi connectivity index (χ0) is 13.8. The average Bonchev–Trinajstić information content (AvgIpc) is 2.53. The molecule has 0 amide bonds. The molecule has 0 fully saturated rings. The standard InChI is InChI=1S/C16H19N3O/c1-20-16-7-5-12-4-6-14(9-13(12)10-16)17-11-15-3-2-8-18-19-15/h2-3,5,7-8,10,14,17H,4,6,9,11H2,1H3. The van der Waals surface area contributed by atoms with Crippen LogP contribution in [-0.2, 0) is 19.4 Å². The molecule has 1 N–H and O–H groups in total. The van der Waals surface area contributed by atoms with Gasteiger partial charge in [0.15, 0.2) is 0 Å². The zero-order valence-electron chi connectivity index (χ0n) is 11.7. The maximum atomic E-state index is 5.31. The van der Waals surface area contributed by atoms with Gasteiger partial charge in [0.25, 0.3) is 0 Å². The van der Waals surface area contributed by atoms with Crippen molar-refractivity contribution in [3.8, 4) is 5.75 Å². The van der Waals surface area contributed by atoms with Crippen molar-refractivity contribution in [3.05, 3.63) is 53.3 Å². The molecule has 0 saturated heterocycles. The number of ether oxygens (including phenoxy) is 1. The van der Waals surface area contributed by atoms with Crippen molar-refractivity contribution < 1.29 is 4.74 Å². The fourth-order valence-electron chi connectivity index (χ4n) is 2.71. The normalized spacial score (nSPS) is 17.6. The second-order valence-corrected chi connectivity index (χ2v) is 5.17. The Bertz CT molecular complexity index is 571. The summed E-state index contributed by atoms with van der Waals surface area (Å²) in [7, 11) is 1.72. The van der Waals surface area contributed by atoms with Gasteiger partial charge in [0.05, 0.1) is 12.8 Å². The lowest BCUT2D eigenvalue weighted by atomic mass is 9.88. The Hall–Kier alpha value is -1.94. The Kier molecular flexibility index (Phi) is 3.92. The van der Waals surface area contributed by atoms with Gasteiger partial charge in [-0.3, -0.25) is 0 Å². The van der Waals surface area contributed by atoms with Crippen LogP contribution in [-0.4, -0.2) is 23.3 Å². The van der Waals surface area contributed by atoms with Crippen LogP contribution in [0.3, 0.4) is 0 Å². The van der Waals surface area contributed by atoms with Crippen LogP contribution in [0, 0.1) is 0 Å². The molecule has 0 saturated carbocycles. The second-order valence-electron chi connectivity index (χ2n) is 5.17. The molecule has 2 aromatic rings. The van der Waals surface area contributed by atoms with Gasteiger partial charge in [0, 0.05) is 18.8 Å². The molecule has 4 heteroatoms. The van der Waals surface area contributed by atoms with Crippen LogP contribution in [0.2, 0.25) is 0 Å². The molecular formula is C16H19N3O. The Labute approximate surface area is 119 Å². The lowest BCUT2D eigenvalue weighted by Crippen LogP contribution is -2.34. The summed E-state index contributed by atoms with van der Waals surface area (Å²) in [5.41, 5.74) is 3.83. The summed E-state index contributed by atoms with van der Waals surface area (Å²) >= 11 is 0. The molecule has 1 aromatic heterocycles. The highest BCUT2D eigenvalue weighted by molar-refractivity contribution is 5.37. The summed E-state index contributed by atoms with van der Waals surface area (Å²) in [6, 6.07) is 10.8. The highest BCUT2D eigenvalue weighted by atomic mass is 16.5.